The van der Waals surface area contributed by atoms with E-state index in [1.165, 1.54) is 0 Å². The Morgan fingerprint density at radius 2 is 2.06 bits per heavy atom. The molecule has 1 amide bonds. The molecule has 0 radical (unpaired) electrons. The molecule has 4 heteroatoms. The maximum Gasteiger partial charge on any atom is 0.410 e. The fourth-order valence-electron chi connectivity index (χ4n) is 1.68. The van der Waals surface area contributed by atoms with E-state index < -0.39 is 24.0 Å². The zero-order valence-corrected chi connectivity index (χ0v) is 10.2. The summed E-state index contributed by atoms with van der Waals surface area (Å²) in [6.07, 6.45) is 0.307. The van der Waals surface area contributed by atoms with Gasteiger partial charge in [-0.25, -0.2) is 4.79 Å². The van der Waals surface area contributed by atoms with Crippen molar-refractivity contribution in [2.45, 2.75) is 46.1 Å². The van der Waals surface area contributed by atoms with Crippen LogP contribution in [-0.2, 0) is 9.53 Å². The van der Waals surface area contributed by atoms with E-state index in [4.69, 9.17) is 6.11 Å². The summed E-state index contributed by atoms with van der Waals surface area (Å²) in [6.45, 7) is 6.92. The molecular formula is C12H21NO3. The molecule has 1 aliphatic heterocycles. The second kappa shape index (κ2) is 5.32. The number of carbonyl (C=O) groups is 2. The molecule has 4 nitrogen and oxygen atoms in total. The molecule has 0 aromatic carbocycles. The first-order chi connectivity index (χ1) is 7.86. The molecule has 1 fully saturated rings. The summed E-state index contributed by atoms with van der Waals surface area (Å²) in [4.78, 5) is 24.2. The number of nitrogens with zero attached hydrogens (tertiary/aromatic N) is 1. The Hall–Kier alpha value is -1.06. The molecule has 0 bridgehead atoms. The third-order valence-corrected chi connectivity index (χ3v) is 2.40. The Bertz CT molecular complexity index is 282. The van der Waals surface area contributed by atoms with Crippen molar-refractivity contribution in [2.24, 2.45) is 5.41 Å². The standard InChI is InChI=1S/C12H21NO3/c1-12(2,3)8-10(9-14)16-11(15)13-6-4-5-7-13/h9-10H,4-8H2,1-3H3/i8D. The highest BCUT2D eigenvalue weighted by molar-refractivity contribution is 5.71. The summed E-state index contributed by atoms with van der Waals surface area (Å²) in [5.74, 6) is 0. The second-order valence-electron chi connectivity index (χ2n) is 5.21. The highest BCUT2D eigenvalue weighted by Gasteiger charge is 2.25. The number of carbonyl (C=O) groups excluding carboxylic acids is 2. The van der Waals surface area contributed by atoms with Crippen molar-refractivity contribution in [2.75, 3.05) is 13.1 Å². The average Bonchev–Trinajstić information content (AvgIpc) is 2.76. The predicted molar refractivity (Wildman–Crippen MR) is 61.2 cm³/mol. The van der Waals surface area contributed by atoms with E-state index in [-0.39, 0.29) is 0 Å². The number of hydrogen-bond acceptors (Lipinski definition) is 3. The van der Waals surface area contributed by atoms with Crippen LogP contribution in [0.3, 0.4) is 0 Å². The van der Waals surface area contributed by atoms with E-state index in [2.05, 4.69) is 0 Å². The van der Waals surface area contributed by atoms with Crippen LogP contribution in [0.15, 0.2) is 0 Å². The number of aldehydes is 1. The monoisotopic (exact) mass is 228 g/mol. The molecule has 1 heterocycles. The maximum atomic E-state index is 11.7. The van der Waals surface area contributed by atoms with E-state index in [9.17, 15) is 9.59 Å². The molecule has 2 unspecified atom stereocenters. The quantitative estimate of drug-likeness (QED) is 0.696. The summed E-state index contributed by atoms with van der Waals surface area (Å²) in [7, 11) is 0. The number of hydrogen-bond donors (Lipinski definition) is 0. The van der Waals surface area contributed by atoms with Gasteiger partial charge in [0, 0.05) is 14.5 Å². The topological polar surface area (TPSA) is 46.6 Å². The van der Waals surface area contributed by atoms with Gasteiger partial charge in [0.1, 0.15) is 0 Å². The zero-order valence-electron chi connectivity index (χ0n) is 11.2. The fourth-order valence-corrected chi connectivity index (χ4v) is 1.68. The number of rotatable bonds is 3. The molecule has 92 valence electrons. The van der Waals surface area contributed by atoms with Crippen molar-refractivity contribution in [3.05, 3.63) is 0 Å². The van der Waals surface area contributed by atoms with Crippen molar-refractivity contribution in [1.29, 1.82) is 0 Å². The predicted octanol–water partition coefficient (Wildman–Crippen LogP) is 2.22. The minimum atomic E-state index is -0.983. The lowest BCUT2D eigenvalue weighted by Crippen LogP contribution is -2.34. The molecule has 1 saturated heterocycles. The first-order valence-corrected chi connectivity index (χ1v) is 5.69. The van der Waals surface area contributed by atoms with Gasteiger partial charge in [-0.05, 0) is 24.7 Å². The Balaban J connectivity index is 2.57. The van der Waals surface area contributed by atoms with Gasteiger partial charge in [-0.2, -0.15) is 0 Å². The first kappa shape index (κ1) is 11.4. The molecule has 0 spiro atoms. The summed E-state index contributed by atoms with van der Waals surface area (Å²) in [6, 6.07) is 0. The average molecular weight is 228 g/mol. The van der Waals surface area contributed by atoms with Gasteiger partial charge in [0.25, 0.3) is 0 Å². The number of amides is 1. The lowest BCUT2D eigenvalue weighted by atomic mass is 9.89. The van der Waals surface area contributed by atoms with Crippen molar-refractivity contribution < 1.29 is 15.7 Å². The lowest BCUT2D eigenvalue weighted by Gasteiger charge is -2.24. The fraction of sp³-hybridized carbons (Fsp3) is 0.833. The van der Waals surface area contributed by atoms with Gasteiger partial charge in [0.2, 0.25) is 0 Å². The van der Waals surface area contributed by atoms with Crippen molar-refractivity contribution in [3.8, 4) is 0 Å². The van der Waals surface area contributed by atoms with E-state index >= 15 is 0 Å². The third kappa shape index (κ3) is 4.21. The molecule has 0 aromatic rings. The van der Waals surface area contributed by atoms with Crippen LogP contribution < -0.4 is 0 Å². The minimum Gasteiger partial charge on any atom is -0.438 e. The summed E-state index contributed by atoms with van der Waals surface area (Å²) in [5, 5.41) is 0. The molecule has 0 aromatic heterocycles. The number of likely N-dealkylation sites (tertiary alicyclic amines) is 1. The van der Waals surface area contributed by atoms with Gasteiger partial charge in [-0.15, -0.1) is 0 Å². The molecule has 16 heavy (non-hydrogen) atoms. The smallest absolute Gasteiger partial charge is 0.410 e. The van der Waals surface area contributed by atoms with E-state index in [0.717, 1.165) is 12.8 Å². The van der Waals surface area contributed by atoms with E-state index in [1.807, 2.05) is 20.8 Å². The molecule has 0 aliphatic carbocycles. The van der Waals surface area contributed by atoms with Crippen molar-refractivity contribution in [3.63, 3.8) is 0 Å². The molecule has 1 aliphatic rings. The Morgan fingerprint density at radius 1 is 1.50 bits per heavy atom. The summed E-state index contributed by atoms with van der Waals surface area (Å²) in [5.41, 5.74) is -0.392. The van der Waals surface area contributed by atoms with Gasteiger partial charge in [-0.3, -0.25) is 4.79 Å². The van der Waals surface area contributed by atoms with Gasteiger partial charge < -0.3 is 9.64 Å². The molecule has 1 rings (SSSR count). The Kier molecular flexibility index (Phi) is 3.80. The van der Waals surface area contributed by atoms with Crippen molar-refractivity contribution in [1.82, 2.24) is 4.90 Å². The van der Waals surface area contributed by atoms with Crippen LogP contribution in [0.2, 0.25) is 0 Å². The SMILES string of the molecule is [2H]C(C(C=O)OC(=O)N1CCCC1)C(C)(C)C. The molecule has 2 atom stereocenters. The van der Waals surface area contributed by atoms with E-state index in [1.54, 1.807) is 4.90 Å². The highest BCUT2D eigenvalue weighted by Crippen LogP contribution is 2.22. The number of ether oxygens (including phenoxy) is 1. The molecule has 0 N–H and O–H groups in total. The van der Waals surface area contributed by atoms with Crippen LogP contribution in [0.1, 0.15) is 41.4 Å². The van der Waals surface area contributed by atoms with Crippen LogP contribution >= 0.6 is 0 Å². The van der Waals surface area contributed by atoms with Crippen molar-refractivity contribution >= 4 is 12.4 Å². The minimum absolute atomic E-state index is 0.392. The summed E-state index contributed by atoms with van der Waals surface area (Å²) < 4.78 is 13.0. The van der Waals surface area contributed by atoms with Crippen LogP contribution in [0.4, 0.5) is 4.79 Å². The lowest BCUT2D eigenvalue weighted by molar-refractivity contribution is -0.116. The Labute approximate surface area is 98.3 Å². The maximum absolute atomic E-state index is 11.7. The van der Waals surface area contributed by atoms with Gasteiger partial charge in [0.15, 0.2) is 12.4 Å². The summed E-state index contributed by atoms with van der Waals surface area (Å²) >= 11 is 0. The van der Waals surface area contributed by atoms with E-state index in [0.29, 0.717) is 19.4 Å². The zero-order chi connectivity index (χ0) is 13.1. The second-order valence-corrected chi connectivity index (χ2v) is 5.21. The van der Waals surface area contributed by atoms with Crippen LogP contribution in [0, 0.1) is 5.41 Å². The molecular weight excluding hydrogens is 206 g/mol. The van der Waals surface area contributed by atoms with Gasteiger partial charge in [-0.1, -0.05) is 20.8 Å². The first-order valence-electron chi connectivity index (χ1n) is 6.27. The Morgan fingerprint density at radius 3 is 2.50 bits per heavy atom. The van der Waals surface area contributed by atoms with Gasteiger partial charge >= 0.3 is 6.09 Å². The molecule has 0 saturated carbocycles. The van der Waals surface area contributed by atoms with Crippen LogP contribution in [0.5, 0.6) is 0 Å². The van der Waals surface area contributed by atoms with Crippen LogP contribution in [0.25, 0.3) is 0 Å². The highest BCUT2D eigenvalue weighted by atomic mass is 16.6. The largest absolute Gasteiger partial charge is 0.438 e. The normalized spacial score (nSPS) is 21.2. The van der Waals surface area contributed by atoms with Gasteiger partial charge in [0.05, 0.1) is 0 Å². The third-order valence-electron chi connectivity index (χ3n) is 2.40. The van der Waals surface area contributed by atoms with Crippen LogP contribution in [-0.4, -0.2) is 36.5 Å².